The van der Waals surface area contributed by atoms with E-state index in [9.17, 15) is 0 Å². The van der Waals surface area contributed by atoms with E-state index in [1.54, 1.807) is 0 Å². The first kappa shape index (κ1) is 10.0. The molecule has 1 aliphatic heterocycles. The molecule has 2 N–H and O–H groups in total. The van der Waals surface area contributed by atoms with Crippen LogP contribution in [0.1, 0.15) is 45.4 Å². The fourth-order valence-electron chi connectivity index (χ4n) is 1.71. The van der Waals surface area contributed by atoms with Crippen molar-refractivity contribution < 1.29 is 4.74 Å². The third-order valence-electron chi connectivity index (χ3n) is 2.46. The van der Waals surface area contributed by atoms with E-state index in [4.69, 9.17) is 10.5 Å². The molecule has 0 bridgehead atoms. The number of ether oxygens (including phenoxy) is 1. The summed E-state index contributed by atoms with van der Waals surface area (Å²) in [6, 6.07) is 0.370. The largest absolute Gasteiger partial charge is 0.378 e. The van der Waals surface area contributed by atoms with Crippen molar-refractivity contribution >= 4 is 0 Å². The monoisotopic (exact) mass is 171 g/mol. The molecule has 2 nitrogen and oxygen atoms in total. The van der Waals surface area contributed by atoms with E-state index in [1.165, 1.54) is 32.1 Å². The molecule has 12 heavy (non-hydrogen) atoms. The minimum absolute atomic E-state index is 0.370. The van der Waals surface area contributed by atoms with Gasteiger partial charge in [-0.1, -0.05) is 12.8 Å². The maximum absolute atomic E-state index is 5.66. The second kappa shape index (κ2) is 5.55. The van der Waals surface area contributed by atoms with Crippen molar-refractivity contribution in [3.05, 3.63) is 0 Å². The van der Waals surface area contributed by atoms with E-state index < -0.39 is 0 Å². The van der Waals surface area contributed by atoms with Crippen LogP contribution in [0.5, 0.6) is 0 Å². The van der Waals surface area contributed by atoms with Crippen LogP contribution in [-0.2, 0) is 4.74 Å². The highest BCUT2D eigenvalue weighted by Crippen LogP contribution is 2.18. The zero-order valence-corrected chi connectivity index (χ0v) is 8.09. The molecule has 2 unspecified atom stereocenters. The molecule has 0 aromatic rings. The normalized spacial score (nSPS) is 26.0. The number of unbranched alkanes of at least 4 members (excludes halogenated alkanes) is 1. The van der Waals surface area contributed by atoms with E-state index in [-0.39, 0.29) is 0 Å². The molecule has 0 aliphatic carbocycles. The van der Waals surface area contributed by atoms with Crippen molar-refractivity contribution in [2.75, 3.05) is 6.61 Å². The molecule has 0 saturated carbocycles. The molecular weight excluding hydrogens is 150 g/mol. The molecule has 72 valence electrons. The summed E-state index contributed by atoms with van der Waals surface area (Å²) < 4.78 is 5.53. The van der Waals surface area contributed by atoms with Gasteiger partial charge < -0.3 is 10.5 Å². The summed E-state index contributed by atoms with van der Waals surface area (Å²) in [4.78, 5) is 0. The predicted octanol–water partition coefficient (Wildman–Crippen LogP) is 2.07. The Labute approximate surface area is 75.5 Å². The molecule has 0 aromatic carbocycles. The number of nitrogens with two attached hydrogens (primary N) is 1. The third-order valence-corrected chi connectivity index (χ3v) is 2.46. The topological polar surface area (TPSA) is 35.2 Å². The van der Waals surface area contributed by atoms with Gasteiger partial charge in [-0.25, -0.2) is 0 Å². The van der Waals surface area contributed by atoms with Gasteiger partial charge >= 0.3 is 0 Å². The van der Waals surface area contributed by atoms with Crippen LogP contribution in [0.3, 0.4) is 0 Å². The van der Waals surface area contributed by atoms with Crippen molar-refractivity contribution in [1.29, 1.82) is 0 Å². The van der Waals surface area contributed by atoms with Gasteiger partial charge in [0.2, 0.25) is 0 Å². The lowest BCUT2D eigenvalue weighted by Crippen LogP contribution is -2.14. The highest BCUT2D eigenvalue weighted by molar-refractivity contribution is 4.65. The van der Waals surface area contributed by atoms with Crippen molar-refractivity contribution in [2.24, 2.45) is 5.73 Å². The van der Waals surface area contributed by atoms with Crippen LogP contribution >= 0.6 is 0 Å². The lowest BCUT2D eigenvalue weighted by molar-refractivity contribution is 0.102. The molecule has 1 fully saturated rings. The van der Waals surface area contributed by atoms with Crippen molar-refractivity contribution in [3.63, 3.8) is 0 Å². The van der Waals surface area contributed by atoms with Gasteiger partial charge in [0.1, 0.15) is 0 Å². The Balaban J connectivity index is 1.88. The van der Waals surface area contributed by atoms with Crippen molar-refractivity contribution in [3.8, 4) is 0 Å². The second-order valence-corrected chi connectivity index (χ2v) is 3.90. The zero-order chi connectivity index (χ0) is 8.81. The van der Waals surface area contributed by atoms with Crippen molar-refractivity contribution in [2.45, 2.75) is 57.6 Å². The molecule has 0 radical (unpaired) electrons. The van der Waals surface area contributed by atoms with Gasteiger partial charge in [-0.3, -0.25) is 0 Å². The lowest BCUT2D eigenvalue weighted by Gasteiger charge is -2.09. The highest BCUT2D eigenvalue weighted by atomic mass is 16.5. The SMILES string of the molecule is CC(N)CCCCC1CCCO1. The Bertz CT molecular complexity index is 108. The first-order chi connectivity index (χ1) is 5.79. The molecule has 1 aliphatic rings. The fourth-order valence-corrected chi connectivity index (χ4v) is 1.71. The Hall–Kier alpha value is -0.0800. The van der Waals surface area contributed by atoms with Crippen LogP contribution in [0.25, 0.3) is 0 Å². The zero-order valence-electron chi connectivity index (χ0n) is 8.09. The molecule has 0 spiro atoms. The van der Waals surface area contributed by atoms with Gasteiger partial charge in [0.05, 0.1) is 6.10 Å². The minimum Gasteiger partial charge on any atom is -0.378 e. The number of hydrogen-bond acceptors (Lipinski definition) is 2. The molecule has 1 heterocycles. The average molecular weight is 171 g/mol. The average Bonchev–Trinajstić information content (AvgIpc) is 2.49. The van der Waals surface area contributed by atoms with E-state index in [1.807, 2.05) is 0 Å². The quantitative estimate of drug-likeness (QED) is 0.643. The van der Waals surface area contributed by atoms with Crippen LogP contribution < -0.4 is 5.73 Å². The Morgan fingerprint density at radius 3 is 2.92 bits per heavy atom. The first-order valence-corrected chi connectivity index (χ1v) is 5.16. The second-order valence-electron chi connectivity index (χ2n) is 3.90. The predicted molar refractivity (Wildman–Crippen MR) is 51.1 cm³/mol. The van der Waals surface area contributed by atoms with E-state index >= 15 is 0 Å². The highest BCUT2D eigenvalue weighted by Gasteiger charge is 2.14. The van der Waals surface area contributed by atoms with Gasteiger partial charge in [-0.15, -0.1) is 0 Å². The summed E-state index contributed by atoms with van der Waals surface area (Å²) in [5.41, 5.74) is 5.66. The Morgan fingerprint density at radius 1 is 1.50 bits per heavy atom. The third kappa shape index (κ3) is 4.07. The maximum Gasteiger partial charge on any atom is 0.0576 e. The van der Waals surface area contributed by atoms with Crippen LogP contribution in [0.4, 0.5) is 0 Å². The Kier molecular flexibility index (Phi) is 4.62. The summed E-state index contributed by atoms with van der Waals surface area (Å²) in [5.74, 6) is 0. The first-order valence-electron chi connectivity index (χ1n) is 5.16. The minimum atomic E-state index is 0.370. The molecule has 1 saturated heterocycles. The number of hydrogen-bond donors (Lipinski definition) is 1. The lowest BCUT2D eigenvalue weighted by atomic mass is 10.1. The van der Waals surface area contributed by atoms with E-state index in [0.29, 0.717) is 12.1 Å². The van der Waals surface area contributed by atoms with Crippen LogP contribution in [0, 0.1) is 0 Å². The molecule has 2 heteroatoms. The fraction of sp³-hybridized carbons (Fsp3) is 1.00. The van der Waals surface area contributed by atoms with Gasteiger partial charge in [-0.05, 0) is 32.6 Å². The molecular formula is C10H21NO. The summed E-state index contributed by atoms with van der Waals surface area (Å²) in [7, 11) is 0. The standard InChI is InChI=1S/C10H21NO/c1-9(11)5-2-3-6-10-7-4-8-12-10/h9-10H,2-8,11H2,1H3. The van der Waals surface area contributed by atoms with E-state index in [0.717, 1.165) is 13.0 Å². The summed E-state index contributed by atoms with van der Waals surface area (Å²) >= 11 is 0. The Morgan fingerprint density at radius 2 is 2.33 bits per heavy atom. The van der Waals surface area contributed by atoms with Crippen molar-refractivity contribution in [1.82, 2.24) is 0 Å². The van der Waals surface area contributed by atoms with Crippen LogP contribution in [0.2, 0.25) is 0 Å². The maximum atomic E-state index is 5.66. The summed E-state index contributed by atoms with van der Waals surface area (Å²) in [6.07, 6.45) is 8.05. The molecule has 1 rings (SSSR count). The number of rotatable bonds is 5. The van der Waals surface area contributed by atoms with E-state index in [2.05, 4.69) is 6.92 Å². The van der Waals surface area contributed by atoms with Gasteiger partial charge in [0.25, 0.3) is 0 Å². The summed E-state index contributed by atoms with van der Waals surface area (Å²) in [5, 5.41) is 0. The molecule has 0 amide bonds. The molecule has 0 aromatic heterocycles. The molecule has 2 atom stereocenters. The van der Waals surface area contributed by atoms with Gasteiger partial charge in [0, 0.05) is 12.6 Å². The summed E-state index contributed by atoms with van der Waals surface area (Å²) in [6.45, 7) is 3.06. The smallest absolute Gasteiger partial charge is 0.0576 e. The van der Waals surface area contributed by atoms with Gasteiger partial charge in [0.15, 0.2) is 0 Å². The van der Waals surface area contributed by atoms with Crippen LogP contribution in [-0.4, -0.2) is 18.8 Å². The van der Waals surface area contributed by atoms with Crippen LogP contribution in [0.15, 0.2) is 0 Å². The van der Waals surface area contributed by atoms with Gasteiger partial charge in [-0.2, -0.15) is 0 Å².